The molecule has 1 fully saturated rings. The Bertz CT molecular complexity index is 435. The summed E-state index contributed by atoms with van der Waals surface area (Å²) in [4.78, 5) is 4.61. The fourth-order valence-electron chi connectivity index (χ4n) is 2.16. The van der Waals surface area contributed by atoms with E-state index >= 15 is 0 Å². The van der Waals surface area contributed by atoms with Crippen LogP contribution in [0.5, 0.6) is 5.75 Å². The smallest absolute Gasteiger partial charge is 0.142 e. The number of hydrogen-bond acceptors (Lipinski definition) is 4. The predicted octanol–water partition coefficient (Wildman–Crippen LogP) is 2.84. The lowest BCUT2D eigenvalue weighted by molar-refractivity contribution is 0.00677. The highest BCUT2D eigenvalue weighted by molar-refractivity contribution is 5.29. The molecule has 4 heteroatoms. The maximum absolute atomic E-state index is 6.08. The van der Waals surface area contributed by atoms with Gasteiger partial charge >= 0.3 is 0 Å². The van der Waals surface area contributed by atoms with Gasteiger partial charge in [0.05, 0.1) is 12.3 Å². The lowest BCUT2D eigenvalue weighted by Crippen LogP contribution is -2.36. The molecule has 0 saturated carbocycles. The van der Waals surface area contributed by atoms with Crippen LogP contribution in [0.15, 0.2) is 12.1 Å². The Balaban J connectivity index is 2.06. The normalized spacial score (nSPS) is 19.9. The fraction of sp³-hybridized carbons (Fsp3) is 0.688. The van der Waals surface area contributed by atoms with Gasteiger partial charge in [0.1, 0.15) is 11.9 Å². The van der Waals surface area contributed by atoms with Crippen molar-refractivity contribution in [3.63, 3.8) is 0 Å². The van der Waals surface area contributed by atoms with Gasteiger partial charge in [-0.2, -0.15) is 0 Å². The van der Waals surface area contributed by atoms with Gasteiger partial charge in [-0.3, -0.25) is 4.98 Å². The molecule has 1 atom stereocenters. The van der Waals surface area contributed by atoms with Gasteiger partial charge < -0.3 is 14.8 Å². The second kappa shape index (κ2) is 6.55. The second-order valence-corrected chi connectivity index (χ2v) is 6.46. The summed E-state index contributed by atoms with van der Waals surface area (Å²) in [6, 6.07) is 4.02. The standard InChI is InChI=1S/C16H26N2O2/c1-12-7-8-15(20-13-6-5-9-19-11-13)14(18-12)10-17-16(2,3)4/h7-8,13,17H,5-6,9-11H2,1-4H3. The number of hydrogen-bond donors (Lipinski definition) is 1. The number of nitrogens with one attached hydrogen (secondary N) is 1. The van der Waals surface area contributed by atoms with Gasteiger partial charge in [0.25, 0.3) is 0 Å². The summed E-state index contributed by atoms with van der Waals surface area (Å²) in [5.41, 5.74) is 2.06. The molecule has 0 spiro atoms. The molecule has 1 aromatic rings. The molecule has 2 rings (SSSR count). The summed E-state index contributed by atoms with van der Waals surface area (Å²) in [5, 5.41) is 3.47. The minimum Gasteiger partial charge on any atom is -0.486 e. The van der Waals surface area contributed by atoms with E-state index in [0.717, 1.165) is 36.6 Å². The molecule has 1 aliphatic heterocycles. The first-order valence-corrected chi connectivity index (χ1v) is 7.40. The van der Waals surface area contributed by atoms with Crippen LogP contribution in [0.4, 0.5) is 0 Å². The number of pyridine rings is 1. The molecule has 0 radical (unpaired) electrons. The Labute approximate surface area is 121 Å². The Morgan fingerprint density at radius 1 is 1.40 bits per heavy atom. The van der Waals surface area contributed by atoms with Crippen LogP contribution in [0.25, 0.3) is 0 Å². The monoisotopic (exact) mass is 278 g/mol. The van der Waals surface area contributed by atoms with Crippen LogP contribution in [0, 0.1) is 6.92 Å². The lowest BCUT2D eigenvalue weighted by atomic mass is 10.1. The molecule has 0 aromatic carbocycles. The van der Waals surface area contributed by atoms with E-state index in [1.165, 1.54) is 0 Å². The van der Waals surface area contributed by atoms with E-state index in [-0.39, 0.29) is 11.6 Å². The van der Waals surface area contributed by atoms with Crippen molar-refractivity contribution in [2.24, 2.45) is 0 Å². The predicted molar refractivity (Wildman–Crippen MR) is 80.0 cm³/mol. The Kier molecular flexibility index (Phi) is 5.00. The molecule has 0 aliphatic carbocycles. The van der Waals surface area contributed by atoms with Crippen molar-refractivity contribution in [1.82, 2.24) is 10.3 Å². The number of rotatable bonds is 4. The van der Waals surface area contributed by atoms with Gasteiger partial charge in [-0.15, -0.1) is 0 Å². The first-order chi connectivity index (χ1) is 9.44. The zero-order valence-electron chi connectivity index (χ0n) is 13.0. The maximum Gasteiger partial charge on any atom is 0.142 e. The summed E-state index contributed by atoms with van der Waals surface area (Å²) in [5.74, 6) is 0.878. The van der Waals surface area contributed by atoms with Crippen molar-refractivity contribution < 1.29 is 9.47 Å². The maximum atomic E-state index is 6.08. The molecule has 1 unspecified atom stereocenters. The summed E-state index contributed by atoms with van der Waals surface area (Å²) in [7, 11) is 0. The van der Waals surface area contributed by atoms with E-state index in [0.29, 0.717) is 13.2 Å². The van der Waals surface area contributed by atoms with Crippen molar-refractivity contribution in [3.8, 4) is 5.75 Å². The van der Waals surface area contributed by atoms with Crippen LogP contribution in [0.2, 0.25) is 0 Å². The summed E-state index contributed by atoms with van der Waals surface area (Å²) < 4.78 is 11.6. The fourth-order valence-corrected chi connectivity index (χ4v) is 2.16. The molecule has 1 saturated heterocycles. The number of aromatic nitrogens is 1. The number of aryl methyl sites for hydroxylation is 1. The van der Waals surface area contributed by atoms with Crippen molar-refractivity contribution >= 4 is 0 Å². The molecule has 0 amide bonds. The first-order valence-electron chi connectivity index (χ1n) is 7.40. The molecule has 1 aliphatic rings. The Morgan fingerprint density at radius 2 is 2.20 bits per heavy atom. The summed E-state index contributed by atoms with van der Waals surface area (Å²) in [6.07, 6.45) is 2.28. The molecular weight excluding hydrogens is 252 g/mol. The molecule has 112 valence electrons. The molecule has 4 nitrogen and oxygen atoms in total. The van der Waals surface area contributed by atoms with Crippen LogP contribution in [-0.4, -0.2) is 29.8 Å². The molecule has 2 heterocycles. The van der Waals surface area contributed by atoms with E-state index < -0.39 is 0 Å². The SMILES string of the molecule is Cc1ccc(OC2CCCOC2)c(CNC(C)(C)C)n1. The highest BCUT2D eigenvalue weighted by atomic mass is 16.5. The van der Waals surface area contributed by atoms with Crippen LogP contribution in [-0.2, 0) is 11.3 Å². The van der Waals surface area contributed by atoms with Gasteiger partial charge in [0, 0.05) is 24.4 Å². The third kappa shape index (κ3) is 4.76. The van der Waals surface area contributed by atoms with Crippen LogP contribution in [0.1, 0.15) is 45.0 Å². The van der Waals surface area contributed by atoms with Crippen LogP contribution >= 0.6 is 0 Å². The molecule has 20 heavy (non-hydrogen) atoms. The number of nitrogens with zero attached hydrogens (tertiary/aromatic N) is 1. The zero-order chi connectivity index (χ0) is 14.6. The van der Waals surface area contributed by atoms with Gasteiger partial charge in [-0.1, -0.05) is 0 Å². The quantitative estimate of drug-likeness (QED) is 0.919. The molecule has 1 aromatic heterocycles. The molecule has 0 bridgehead atoms. The average molecular weight is 278 g/mol. The summed E-state index contributed by atoms with van der Waals surface area (Å²) in [6.45, 7) is 10.7. The van der Waals surface area contributed by atoms with E-state index in [4.69, 9.17) is 9.47 Å². The van der Waals surface area contributed by atoms with Crippen molar-refractivity contribution in [2.45, 2.75) is 58.7 Å². The Morgan fingerprint density at radius 3 is 2.85 bits per heavy atom. The molecule has 1 N–H and O–H groups in total. The van der Waals surface area contributed by atoms with E-state index in [2.05, 4.69) is 31.1 Å². The van der Waals surface area contributed by atoms with E-state index in [1.54, 1.807) is 0 Å². The van der Waals surface area contributed by atoms with Crippen LogP contribution in [0.3, 0.4) is 0 Å². The molecular formula is C16H26N2O2. The minimum atomic E-state index is 0.0661. The van der Waals surface area contributed by atoms with Gasteiger partial charge in [-0.05, 0) is 52.7 Å². The summed E-state index contributed by atoms with van der Waals surface area (Å²) >= 11 is 0. The lowest BCUT2D eigenvalue weighted by Gasteiger charge is -2.25. The zero-order valence-corrected chi connectivity index (χ0v) is 13.0. The topological polar surface area (TPSA) is 43.4 Å². The van der Waals surface area contributed by atoms with E-state index in [9.17, 15) is 0 Å². The Hall–Kier alpha value is -1.13. The third-order valence-electron chi connectivity index (χ3n) is 3.27. The van der Waals surface area contributed by atoms with Crippen molar-refractivity contribution in [1.29, 1.82) is 0 Å². The largest absolute Gasteiger partial charge is 0.486 e. The second-order valence-electron chi connectivity index (χ2n) is 6.46. The minimum absolute atomic E-state index is 0.0661. The highest BCUT2D eigenvalue weighted by Crippen LogP contribution is 2.22. The van der Waals surface area contributed by atoms with Crippen molar-refractivity contribution in [3.05, 3.63) is 23.5 Å². The average Bonchev–Trinajstić information content (AvgIpc) is 2.39. The third-order valence-corrected chi connectivity index (χ3v) is 3.27. The highest BCUT2D eigenvalue weighted by Gasteiger charge is 2.18. The number of ether oxygens (including phenoxy) is 2. The van der Waals surface area contributed by atoms with Crippen molar-refractivity contribution in [2.75, 3.05) is 13.2 Å². The van der Waals surface area contributed by atoms with Gasteiger partial charge in [-0.25, -0.2) is 0 Å². The first kappa shape index (κ1) is 15.3. The van der Waals surface area contributed by atoms with E-state index in [1.807, 2.05) is 19.1 Å². The van der Waals surface area contributed by atoms with Crippen LogP contribution < -0.4 is 10.1 Å². The van der Waals surface area contributed by atoms with Gasteiger partial charge in [0.2, 0.25) is 0 Å². The van der Waals surface area contributed by atoms with Gasteiger partial charge in [0.15, 0.2) is 0 Å².